The van der Waals surface area contributed by atoms with Crippen LogP contribution in [0.15, 0.2) is 41.2 Å². The molecule has 0 saturated carbocycles. The Labute approximate surface area is 167 Å². The molecule has 3 aromatic rings. The van der Waals surface area contributed by atoms with Crippen molar-refractivity contribution in [2.45, 2.75) is 24.9 Å². The smallest absolute Gasteiger partial charge is 0.282 e. The van der Waals surface area contributed by atoms with Crippen LogP contribution in [-0.4, -0.2) is 16.5 Å². The second-order valence-corrected chi connectivity index (χ2v) is 8.53. The van der Waals surface area contributed by atoms with Crippen LogP contribution in [0, 0.1) is 11.6 Å². The SMILES string of the molecule is CC(CC(c1ccsc1)c1ncc(Cl)s1)(Oc1ccc(F)cc1F)C([NH])=O. The van der Waals surface area contributed by atoms with E-state index in [2.05, 4.69) is 4.98 Å². The summed E-state index contributed by atoms with van der Waals surface area (Å²) in [7, 11) is 0. The normalized spacial score (nSPS) is 14.5. The van der Waals surface area contributed by atoms with Gasteiger partial charge in [-0.15, -0.1) is 11.3 Å². The summed E-state index contributed by atoms with van der Waals surface area (Å²) in [5.74, 6) is -3.37. The van der Waals surface area contributed by atoms with E-state index in [4.69, 9.17) is 22.1 Å². The van der Waals surface area contributed by atoms with Gasteiger partial charge in [0.2, 0.25) is 0 Å². The minimum Gasteiger partial charge on any atom is -0.475 e. The van der Waals surface area contributed by atoms with Gasteiger partial charge < -0.3 is 4.74 Å². The van der Waals surface area contributed by atoms with Crippen LogP contribution in [0.1, 0.15) is 29.8 Å². The zero-order chi connectivity index (χ0) is 19.6. The number of thiazole rings is 1. The molecule has 9 heteroatoms. The molecule has 0 aliphatic rings. The van der Waals surface area contributed by atoms with E-state index in [9.17, 15) is 13.6 Å². The zero-order valence-corrected chi connectivity index (χ0v) is 16.4. The van der Waals surface area contributed by atoms with Crippen LogP contribution in [0.2, 0.25) is 4.34 Å². The van der Waals surface area contributed by atoms with Crippen molar-refractivity contribution in [2.24, 2.45) is 0 Å². The number of aromatic nitrogens is 1. The van der Waals surface area contributed by atoms with E-state index in [0.29, 0.717) is 15.4 Å². The predicted molar refractivity (Wildman–Crippen MR) is 101 cm³/mol. The number of halogens is 3. The highest BCUT2D eigenvalue weighted by atomic mass is 35.5. The average molecular weight is 428 g/mol. The Morgan fingerprint density at radius 1 is 1.41 bits per heavy atom. The fourth-order valence-corrected chi connectivity index (χ4v) is 4.39. The quantitative estimate of drug-likeness (QED) is 0.513. The van der Waals surface area contributed by atoms with Crippen LogP contribution >= 0.6 is 34.3 Å². The molecule has 141 valence electrons. The van der Waals surface area contributed by atoms with Crippen molar-refractivity contribution in [2.75, 3.05) is 0 Å². The number of hydrogen-bond acceptors (Lipinski definition) is 5. The summed E-state index contributed by atoms with van der Waals surface area (Å²) >= 11 is 8.75. The molecule has 2 aromatic heterocycles. The van der Waals surface area contributed by atoms with Crippen LogP contribution < -0.4 is 10.5 Å². The van der Waals surface area contributed by atoms with E-state index >= 15 is 0 Å². The number of nitrogens with zero attached hydrogens (tertiary/aromatic N) is 1. The molecule has 2 atom stereocenters. The minimum atomic E-state index is -1.66. The number of hydrogen-bond donors (Lipinski definition) is 0. The number of carbonyl (C=O) groups excluding carboxylic acids is 1. The van der Waals surface area contributed by atoms with Crippen LogP contribution in [0.5, 0.6) is 5.75 Å². The summed E-state index contributed by atoms with van der Waals surface area (Å²) in [4.78, 5) is 16.4. The Bertz CT molecular complexity index is 949. The monoisotopic (exact) mass is 427 g/mol. The van der Waals surface area contributed by atoms with Crippen molar-refractivity contribution < 1.29 is 18.3 Å². The fourth-order valence-electron chi connectivity index (χ4n) is 2.62. The number of thiophene rings is 1. The lowest BCUT2D eigenvalue weighted by atomic mass is 9.87. The Morgan fingerprint density at radius 2 is 2.19 bits per heavy atom. The molecule has 0 saturated heterocycles. The van der Waals surface area contributed by atoms with Crippen molar-refractivity contribution in [3.63, 3.8) is 0 Å². The summed E-state index contributed by atoms with van der Waals surface area (Å²) in [6.07, 6.45) is 1.56. The van der Waals surface area contributed by atoms with Gasteiger partial charge in [-0.2, -0.15) is 11.3 Å². The summed E-state index contributed by atoms with van der Waals surface area (Å²) in [5.41, 5.74) is 6.91. The second-order valence-electron chi connectivity index (χ2n) is 6.05. The first kappa shape index (κ1) is 19.7. The summed E-state index contributed by atoms with van der Waals surface area (Å²) < 4.78 is 33.2. The molecule has 1 radical (unpaired) electrons. The number of carbonyl (C=O) groups is 1. The Kier molecular flexibility index (Phi) is 5.78. The summed E-state index contributed by atoms with van der Waals surface area (Å²) in [6.45, 7) is 1.42. The van der Waals surface area contributed by atoms with E-state index in [1.54, 1.807) is 0 Å². The Balaban J connectivity index is 1.96. The molecule has 2 unspecified atom stereocenters. The second kappa shape index (κ2) is 7.92. The molecule has 1 aromatic carbocycles. The van der Waals surface area contributed by atoms with Gasteiger partial charge in [0.1, 0.15) is 15.2 Å². The van der Waals surface area contributed by atoms with Gasteiger partial charge in [-0.05, 0) is 41.4 Å². The van der Waals surface area contributed by atoms with Crippen molar-refractivity contribution in [3.05, 3.63) is 67.8 Å². The van der Waals surface area contributed by atoms with Crippen LogP contribution in [0.4, 0.5) is 8.78 Å². The van der Waals surface area contributed by atoms with Gasteiger partial charge in [0, 0.05) is 18.4 Å². The van der Waals surface area contributed by atoms with E-state index in [0.717, 1.165) is 17.7 Å². The van der Waals surface area contributed by atoms with Crippen molar-refractivity contribution >= 4 is 40.2 Å². The van der Waals surface area contributed by atoms with Gasteiger partial charge in [0.05, 0.1) is 6.20 Å². The lowest BCUT2D eigenvalue weighted by molar-refractivity contribution is -0.133. The fraction of sp³-hybridized carbons (Fsp3) is 0.222. The molecular formula is C18H14ClF2N2O2S2. The van der Waals surface area contributed by atoms with Crippen LogP contribution in [0.3, 0.4) is 0 Å². The zero-order valence-electron chi connectivity index (χ0n) is 14.0. The maximum atomic E-state index is 14.0. The first-order valence-electron chi connectivity index (χ1n) is 7.82. The summed E-state index contributed by atoms with van der Waals surface area (Å²) in [5, 5.41) is 4.46. The topological polar surface area (TPSA) is 63.0 Å². The molecule has 0 spiro atoms. The number of amides is 1. The molecule has 0 bridgehead atoms. The van der Waals surface area contributed by atoms with E-state index in [1.165, 1.54) is 35.8 Å². The third-order valence-electron chi connectivity index (χ3n) is 4.04. The minimum absolute atomic E-state index is 0.0483. The molecule has 4 nitrogen and oxygen atoms in total. The molecule has 2 heterocycles. The molecular weight excluding hydrogens is 414 g/mol. The first-order chi connectivity index (χ1) is 12.8. The predicted octanol–water partition coefficient (Wildman–Crippen LogP) is 5.31. The van der Waals surface area contributed by atoms with Gasteiger partial charge in [0.15, 0.2) is 17.2 Å². The van der Waals surface area contributed by atoms with Gasteiger partial charge in [-0.1, -0.05) is 11.6 Å². The summed E-state index contributed by atoms with van der Waals surface area (Å²) in [6, 6.07) is 4.69. The molecule has 0 aliphatic heterocycles. The molecule has 27 heavy (non-hydrogen) atoms. The van der Waals surface area contributed by atoms with Gasteiger partial charge >= 0.3 is 0 Å². The van der Waals surface area contributed by atoms with Crippen molar-refractivity contribution in [3.8, 4) is 5.75 Å². The van der Waals surface area contributed by atoms with E-state index in [1.807, 2.05) is 16.8 Å². The number of rotatable bonds is 7. The Hall–Kier alpha value is -2.03. The number of benzene rings is 1. The molecule has 1 N–H and O–H groups in total. The molecule has 3 rings (SSSR count). The molecule has 0 aliphatic carbocycles. The molecule has 1 amide bonds. The highest BCUT2D eigenvalue weighted by Gasteiger charge is 2.39. The first-order valence-corrected chi connectivity index (χ1v) is 9.95. The van der Waals surface area contributed by atoms with E-state index < -0.39 is 23.1 Å². The third kappa shape index (κ3) is 4.45. The van der Waals surface area contributed by atoms with Crippen LogP contribution in [0.25, 0.3) is 0 Å². The lowest BCUT2D eigenvalue weighted by Gasteiger charge is -2.30. The van der Waals surface area contributed by atoms with Crippen LogP contribution in [-0.2, 0) is 4.79 Å². The van der Waals surface area contributed by atoms with Gasteiger partial charge in [-0.25, -0.2) is 13.8 Å². The number of nitrogens with one attached hydrogen (secondary N) is 1. The van der Waals surface area contributed by atoms with E-state index in [-0.39, 0.29) is 18.1 Å². The number of ether oxygens (including phenoxy) is 1. The Morgan fingerprint density at radius 3 is 2.74 bits per heavy atom. The average Bonchev–Trinajstić information content (AvgIpc) is 3.27. The van der Waals surface area contributed by atoms with Gasteiger partial charge in [0.25, 0.3) is 5.91 Å². The maximum Gasteiger partial charge on any atom is 0.282 e. The highest BCUT2D eigenvalue weighted by molar-refractivity contribution is 7.15. The maximum absolute atomic E-state index is 14.0. The standard InChI is InChI=1S/C18H14ClF2N2O2S2/c1-18(17(22)24,25-14-3-2-11(20)6-13(14)21)7-12(10-4-5-26-9-10)16-23-8-15(19)27-16/h2-6,8-9,12,22H,7H2,1H3. The third-order valence-corrected chi connectivity index (χ3v) is 5.97. The van der Waals surface area contributed by atoms with Gasteiger partial charge in [-0.3, -0.25) is 10.5 Å². The highest BCUT2D eigenvalue weighted by Crippen LogP contribution is 2.39. The van der Waals surface area contributed by atoms with Crippen molar-refractivity contribution in [1.29, 1.82) is 0 Å². The largest absolute Gasteiger partial charge is 0.475 e. The molecule has 0 fully saturated rings. The van der Waals surface area contributed by atoms with Crippen molar-refractivity contribution in [1.82, 2.24) is 10.7 Å². The lowest BCUT2D eigenvalue weighted by Crippen LogP contribution is -2.44.